The third-order valence-electron chi connectivity index (χ3n) is 2.71. The minimum absolute atomic E-state index is 0.217. The Morgan fingerprint density at radius 2 is 1.90 bits per heavy atom. The van der Waals surface area contributed by atoms with Gasteiger partial charge in [-0.1, -0.05) is 24.3 Å². The van der Waals surface area contributed by atoms with Gasteiger partial charge < -0.3 is 15.8 Å². The molecule has 1 unspecified atom stereocenters. The SMILES string of the molecule is CC(Oc1cccc(N)c1Br)C(=O)Nc1ccccc1. The van der Waals surface area contributed by atoms with Crippen molar-refractivity contribution in [1.29, 1.82) is 0 Å². The number of benzene rings is 2. The van der Waals surface area contributed by atoms with Gasteiger partial charge in [-0.15, -0.1) is 0 Å². The van der Waals surface area contributed by atoms with Crippen LogP contribution < -0.4 is 15.8 Å². The summed E-state index contributed by atoms with van der Waals surface area (Å²) in [6.07, 6.45) is -0.631. The summed E-state index contributed by atoms with van der Waals surface area (Å²) in [4.78, 5) is 12.0. The Morgan fingerprint density at radius 1 is 1.20 bits per heavy atom. The summed E-state index contributed by atoms with van der Waals surface area (Å²) in [6, 6.07) is 14.5. The van der Waals surface area contributed by atoms with Crippen LogP contribution in [0, 0.1) is 0 Å². The van der Waals surface area contributed by atoms with Crippen LogP contribution in [0.25, 0.3) is 0 Å². The molecule has 2 aromatic rings. The second kappa shape index (κ2) is 6.43. The number of nitrogens with one attached hydrogen (secondary N) is 1. The van der Waals surface area contributed by atoms with Crippen molar-refractivity contribution >= 4 is 33.2 Å². The van der Waals surface area contributed by atoms with Crippen LogP contribution in [0.5, 0.6) is 5.75 Å². The van der Waals surface area contributed by atoms with Gasteiger partial charge in [0.05, 0.1) is 4.47 Å². The molecule has 104 valence electrons. The van der Waals surface area contributed by atoms with E-state index in [2.05, 4.69) is 21.2 Å². The average molecular weight is 335 g/mol. The van der Waals surface area contributed by atoms with E-state index in [1.807, 2.05) is 30.3 Å². The highest BCUT2D eigenvalue weighted by molar-refractivity contribution is 9.10. The number of nitrogen functional groups attached to an aromatic ring is 1. The number of amides is 1. The smallest absolute Gasteiger partial charge is 0.265 e. The zero-order valence-electron chi connectivity index (χ0n) is 11.0. The van der Waals surface area contributed by atoms with Gasteiger partial charge >= 0.3 is 0 Å². The molecule has 0 aliphatic carbocycles. The Labute approximate surface area is 126 Å². The predicted molar refractivity (Wildman–Crippen MR) is 83.7 cm³/mol. The maximum atomic E-state index is 12.0. The second-order valence-corrected chi connectivity index (χ2v) is 5.07. The highest BCUT2D eigenvalue weighted by Crippen LogP contribution is 2.31. The molecule has 0 aliphatic heterocycles. The fourth-order valence-corrected chi connectivity index (χ4v) is 1.99. The van der Waals surface area contributed by atoms with E-state index in [1.165, 1.54) is 0 Å². The van der Waals surface area contributed by atoms with Crippen molar-refractivity contribution in [2.45, 2.75) is 13.0 Å². The van der Waals surface area contributed by atoms with E-state index in [4.69, 9.17) is 10.5 Å². The van der Waals surface area contributed by atoms with Gasteiger partial charge in [-0.25, -0.2) is 0 Å². The first-order chi connectivity index (χ1) is 9.58. The molecule has 0 fully saturated rings. The second-order valence-electron chi connectivity index (χ2n) is 4.27. The number of halogens is 1. The van der Waals surface area contributed by atoms with Crippen molar-refractivity contribution in [3.05, 3.63) is 53.0 Å². The number of carbonyl (C=O) groups excluding carboxylic acids is 1. The van der Waals surface area contributed by atoms with E-state index in [0.717, 1.165) is 5.69 Å². The number of para-hydroxylation sites is 1. The van der Waals surface area contributed by atoms with Gasteiger partial charge in [0.2, 0.25) is 0 Å². The van der Waals surface area contributed by atoms with Crippen LogP contribution >= 0.6 is 15.9 Å². The quantitative estimate of drug-likeness (QED) is 0.842. The maximum Gasteiger partial charge on any atom is 0.265 e. The molecule has 4 nitrogen and oxygen atoms in total. The molecule has 1 atom stereocenters. The molecule has 20 heavy (non-hydrogen) atoms. The van der Waals surface area contributed by atoms with Crippen LogP contribution in [0.2, 0.25) is 0 Å². The molecular weight excluding hydrogens is 320 g/mol. The van der Waals surface area contributed by atoms with Crippen molar-refractivity contribution < 1.29 is 9.53 Å². The lowest BCUT2D eigenvalue weighted by Crippen LogP contribution is -2.30. The van der Waals surface area contributed by atoms with Crippen LogP contribution in [0.15, 0.2) is 53.0 Å². The van der Waals surface area contributed by atoms with Crippen LogP contribution in [0.4, 0.5) is 11.4 Å². The third-order valence-corrected chi connectivity index (χ3v) is 3.56. The van der Waals surface area contributed by atoms with Crippen molar-refractivity contribution in [3.8, 4) is 5.75 Å². The van der Waals surface area contributed by atoms with E-state index in [9.17, 15) is 4.79 Å². The monoisotopic (exact) mass is 334 g/mol. The number of anilines is 2. The Balaban J connectivity index is 2.03. The summed E-state index contributed by atoms with van der Waals surface area (Å²) in [7, 11) is 0. The molecule has 0 heterocycles. The third kappa shape index (κ3) is 3.51. The van der Waals surface area contributed by atoms with Crippen LogP contribution in [0.1, 0.15) is 6.92 Å². The van der Waals surface area contributed by atoms with Gasteiger partial charge in [0.15, 0.2) is 6.10 Å². The lowest BCUT2D eigenvalue weighted by Gasteiger charge is -2.16. The first-order valence-corrected chi connectivity index (χ1v) is 6.94. The molecule has 2 aromatic carbocycles. The maximum absolute atomic E-state index is 12.0. The predicted octanol–water partition coefficient (Wildman–Crippen LogP) is 3.44. The van der Waals surface area contributed by atoms with Gasteiger partial charge in [-0.05, 0) is 47.1 Å². The Bertz CT molecular complexity index is 602. The van der Waals surface area contributed by atoms with Gasteiger partial charge in [-0.2, -0.15) is 0 Å². The van der Waals surface area contributed by atoms with Crippen molar-refractivity contribution in [2.24, 2.45) is 0 Å². The standard InChI is InChI=1S/C15H15BrN2O2/c1-10(15(19)18-11-6-3-2-4-7-11)20-13-9-5-8-12(17)14(13)16/h2-10H,17H2,1H3,(H,18,19). The van der Waals surface area contributed by atoms with E-state index < -0.39 is 6.10 Å². The van der Waals surface area contributed by atoms with Crippen LogP contribution in [0.3, 0.4) is 0 Å². The van der Waals surface area contributed by atoms with Gasteiger partial charge in [-0.3, -0.25) is 4.79 Å². The van der Waals surface area contributed by atoms with Crippen molar-refractivity contribution in [2.75, 3.05) is 11.1 Å². The molecule has 0 aliphatic rings. The Hall–Kier alpha value is -2.01. The van der Waals surface area contributed by atoms with Crippen LogP contribution in [-0.4, -0.2) is 12.0 Å². The number of hydrogen-bond donors (Lipinski definition) is 2. The van der Waals surface area contributed by atoms with Crippen molar-refractivity contribution in [1.82, 2.24) is 0 Å². The number of rotatable bonds is 4. The first-order valence-electron chi connectivity index (χ1n) is 6.14. The first kappa shape index (κ1) is 14.4. The van der Waals surface area contributed by atoms with E-state index in [1.54, 1.807) is 25.1 Å². The average Bonchev–Trinajstić information content (AvgIpc) is 2.45. The minimum Gasteiger partial charge on any atom is -0.480 e. The van der Waals surface area contributed by atoms with Gasteiger partial charge in [0.1, 0.15) is 5.75 Å². The largest absolute Gasteiger partial charge is 0.480 e. The zero-order chi connectivity index (χ0) is 14.5. The number of nitrogens with two attached hydrogens (primary N) is 1. The number of carbonyl (C=O) groups is 1. The van der Waals surface area contributed by atoms with Crippen molar-refractivity contribution in [3.63, 3.8) is 0 Å². The minimum atomic E-state index is -0.631. The molecule has 2 rings (SSSR count). The van der Waals surface area contributed by atoms with Crippen LogP contribution in [-0.2, 0) is 4.79 Å². The molecule has 0 saturated heterocycles. The summed E-state index contributed by atoms with van der Waals surface area (Å²) in [5.74, 6) is 0.325. The van der Waals surface area contributed by atoms with Gasteiger partial charge in [0, 0.05) is 11.4 Å². The molecule has 0 spiro atoms. The molecule has 5 heteroatoms. The molecular formula is C15H15BrN2O2. The summed E-state index contributed by atoms with van der Waals surface area (Å²) in [5.41, 5.74) is 7.07. The van der Waals surface area contributed by atoms with E-state index in [-0.39, 0.29) is 5.91 Å². The number of ether oxygens (including phenoxy) is 1. The topological polar surface area (TPSA) is 64.3 Å². The molecule has 1 amide bonds. The summed E-state index contributed by atoms with van der Waals surface area (Å²) in [6.45, 7) is 1.69. The molecule has 0 saturated carbocycles. The Kier molecular flexibility index (Phi) is 4.63. The normalized spacial score (nSPS) is 11.7. The molecule has 0 bridgehead atoms. The fraction of sp³-hybridized carbons (Fsp3) is 0.133. The lowest BCUT2D eigenvalue weighted by molar-refractivity contribution is -0.122. The van der Waals surface area contributed by atoms with Gasteiger partial charge in [0.25, 0.3) is 5.91 Å². The van der Waals surface area contributed by atoms with E-state index >= 15 is 0 Å². The Morgan fingerprint density at radius 3 is 2.60 bits per heavy atom. The summed E-state index contributed by atoms with van der Waals surface area (Å²) < 4.78 is 6.27. The fourth-order valence-electron chi connectivity index (χ4n) is 1.63. The molecule has 0 aromatic heterocycles. The number of hydrogen-bond acceptors (Lipinski definition) is 3. The summed E-state index contributed by atoms with van der Waals surface area (Å²) in [5, 5.41) is 2.79. The summed E-state index contributed by atoms with van der Waals surface area (Å²) >= 11 is 3.34. The molecule has 3 N–H and O–H groups in total. The highest BCUT2D eigenvalue weighted by Gasteiger charge is 2.16. The lowest BCUT2D eigenvalue weighted by atomic mass is 10.3. The molecule has 0 radical (unpaired) electrons. The van der Waals surface area contributed by atoms with E-state index in [0.29, 0.717) is 15.9 Å². The zero-order valence-corrected chi connectivity index (χ0v) is 12.6. The highest BCUT2D eigenvalue weighted by atomic mass is 79.9.